The van der Waals surface area contributed by atoms with Gasteiger partial charge < -0.3 is 14.9 Å². The quantitative estimate of drug-likeness (QED) is 0.348. The van der Waals surface area contributed by atoms with Crippen LogP contribution in [0.15, 0.2) is 17.1 Å². The van der Waals surface area contributed by atoms with Gasteiger partial charge in [-0.2, -0.15) is 0 Å². The third-order valence-corrected chi connectivity index (χ3v) is 5.16. The molecule has 0 radical (unpaired) electrons. The molecule has 1 aliphatic rings. The third-order valence-electron chi connectivity index (χ3n) is 5.16. The topological polar surface area (TPSA) is 62.1 Å². The molecule has 0 spiro atoms. The molecule has 0 amide bonds. The zero-order valence-corrected chi connectivity index (χ0v) is 16.9. The van der Waals surface area contributed by atoms with E-state index in [1.807, 2.05) is 6.08 Å². The molecule has 0 aromatic rings. The van der Waals surface area contributed by atoms with E-state index in [-0.39, 0.29) is 19.8 Å². The van der Waals surface area contributed by atoms with Crippen LogP contribution in [0, 0.1) is 0 Å². The summed E-state index contributed by atoms with van der Waals surface area (Å²) in [6.45, 7) is 2.17. The monoisotopic (exact) mass is 367 g/mol. The number of aliphatic hydroxyl groups is 2. The summed E-state index contributed by atoms with van der Waals surface area (Å²) in [7, 11) is 0. The molecule has 4 nitrogen and oxygen atoms in total. The average Bonchev–Trinajstić information content (AvgIpc) is 3.09. The maximum Gasteiger partial charge on any atom is 0.209 e. The lowest BCUT2D eigenvalue weighted by Gasteiger charge is -2.16. The number of ether oxygens (including phenoxy) is 1. The Hall–Kier alpha value is -0.870. The van der Waals surface area contributed by atoms with Crippen molar-refractivity contribution >= 4 is 5.90 Å². The van der Waals surface area contributed by atoms with E-state index in [1.165, 1.54) is 83.5 Å². The number of rotatable bonds is 17. The number of unbranched alkanes of at least 4 members (excludes halogenated alkanes) is 13. The minimum atomic E-state index is -0.838. The maximum atomic E-state index is 9.27. The van der Waals surface area contributed by atoms with Crippen molar-refractivity contribution in [3.63, 3.8) is 0 Å². The molecule has 26 heavy (non-hydrogen) atoms. The first kappa shape index (κ1) is 23.2. The number of aliphatic hydroxyl groups excluding tert-OH is 2. The Morgan fingerprint density at radius 1 is 0.846 bits per heavy atom. The summed E-state index contributed by atoms with van der Waals surface area (Å²) in [6, 6.07) is 0. The van der Waals surface area contributed by atoms with E-state index >= 15 is 0 Å². The van der Waals surface area contributed by atoms with Crippen molar-refractivity contribution in [2.75, 3.05) is 19.8 Å². The summed E-state index contributed by atoms with van der Waals surface area (Å²) in [5.74, 6) is 0.530. The van der Waals surface area contributed by atoms with E-state index in [9.17, 15) is 10.2 Å². The lowest BCUT2D eigenvalue weighted by molar-refractivity contribution is 0.0978. The Bertz CT molecular complexity index is 389. The predicted molar refractivity (Wildman–Crippen MR) is 110 cm³/mol. The summed E-state index contributed by atoms with van der Waals surface area (Å²) >= 11 is 0. The van der Waals surface area contributed by atoms with Crippen LogP contribution in [0.1, 0.15) is 96.8 Å². The first-order valence-electron chi connectivity index (χ1n) is 10.9. The highest BCUT2D eigenvalue weighted by Gasteiger charge is 2.34. The second-order valence-corrected chi connectivity index (χ2v) is 7.71. The van der Waals surface area contributed by atoms with Crippen LogP contribution in [0.4, 0.5) is 0 Å². The second kappa shape index (κ2) is 15.2. The number of aliphatic imine (C=N–C) groups is 1. The molecule has 0 aromatic carbocycles. The van der Waals surface area contributed by atoms with E-state index in [0.29, 0.717) is 5.90 Å². The fourth-order valence-corrected chi connectivity index (χ4v) is 3.27. The summed E-state index contributed by atoms with van der Waals surface area (Å²) < 4.78 is 5.41. The van der Waals surface area contributed by atoms with Crippen LogP contribution in [0.25, 0.3) is 0 Å². The van der Waals surface area contributed by atoms with Crippen molar-refractivity contribution in [3.8, 4) is 0 Å². The molecule has 4 heteroatoms. The van der Waals surface area contributed by atoms with Gasteiger partial charge in [0.1, 0.15) is 12.1 Å². The van der Waals surface area contributed by atoms with Crippen molar-refractivity contribution in [2.45, 2.75) is 102 Å². The van der Waals surface area contributed by atoms with Crippen LogP contribution in [0.2, 0.25) is 0 Å². The summed E-state index contributed by atoms with van der Waals surface area (Å²) in [5, 5.41) is 18.5. The first-order valence-corrected chi connectivity index (χ1v) is 10.9. The SMILES string of the molecule is CCCCCCCCCCCCCCCC=CC1=NC(CO)(CO)CO1. The van der Waals surface area contributed by atoms with Crippen molar-refractivity contribution in [1.29, 1.82) is 0 Å². The van der Waals surface area contributed by atoms with Gasteiger partial charge >= 0.3 is 0 Å². The van der Waals surface area contributed by atoms with Gasteiger partial charge in [-0.05, 0) is 18.9 Å². The van der Waals surface area contributed by atoms with Crippen LogP contribution in [0.3, 0.4) is 0 Å². The van der Waals surface area contributed by atoms with Crippen molar-refractivity contribution in [2.24, 2.45) is 4.99 Å². The van der Waals surface area contributed by atoms with E-state index in [0.717, 1.165) is 6.42 Å². The maximum absolute atomic E-state index is 9.27. The molecule has 0 fully saturated rings. The van der Waals surface area contributed by atoms with Gasteiger partial charge in [-0.3, -0.25) is 0 Å². The highest BCUT2D eigenvalue weighted by molar-refractivity contribution is 5.89. The lowest BCUT2D eigenvalue weighted by atomic mass is 10.0. The van der Waals surface area contributed by atoms with Gasteiger partial charge in [0.15, 0.2) is 0 Å². The van der Waals surface area contributed by atoms with E-state index < -0.39 is 5.54 Å². The second-order valence-electron chi connectivity index (χ2n) is 7.71. The molecule has 0 aliphatic carbocycles. The molecule has 0 saturated carbocycles. The number of allylic oxidation sites excluding steroid dienone is 1. The van der Waals surface area contributed by atoms with E-state index in [1.54, 1.807) is 0 Å². The molecule has 0 saturated heterocycles. The molecule has 1 aliphatic heterocycles. The Morgan fingerprint density at radius 2 is 1.35 bits per heavy atom. The number of hydrogen-bond donors (Lipinski definition) is 2. The molecule has 0 bridgehead atoms. The molecular weight excluding hydrogens is 326 g/mol. The molecule has 0 unspecified atom stereocenters. The predicted octanol–water partition coefficient (Wildman–Crippen LogP) is 5.18. The van der Waals surface area contributed by atoms with Gasteiger partial charge in [0.25, 0.3) is 0 Å². The summed E-state index contributed by atoms with van der Waals surface area (Å²) in [5.41, 5.74) is -0.838. The van der Waals surface area contributed by atoms with E-state index in [2.05, 4.69) is 18.0 Å². The highest BCUT2D eigenvalue weighted by Crippen LogP contribution is 2.18. The van der Waals surface area contributed by atoms with Crippen molar-refractivity contribution in [3.05, 3.63) is 12.2 Å². The van der Waals surface area contributed by atoms with Crippen LogP contribution in [-0.4, -0.2) is 41.5 Å². The summed E-state index contributed by atoms with van der Waals surface area (Å²) in [6.07, 6.45) is 22.8. The summed E-state index contributed by atoms with van der Waals surface area (Å²) in [4.78, 5) is 4.27. The molecule has 1 heterocycles. The Kier molecular flexibility index (Phi) is 13.6. The van der Waals surface area contributed by atoms with Crippen LogP contribution in [-0.2, 0) is 4.74 Å². The Morgan fingerprint density at radius 3 is 1.81 bits per heavy atom. The minimum absolute atomic E-state index is 0.181. The fraction of sp³-hybridized carbons (Fsp3) is 0.864. The van der Waals surface area contributed by atoms with Crippen molar-refractivity contribution in [1.82, 2.24) is 0 Å². The smallest absolute Gasteiger partial charge is 0.209 e. The first-order chi connectivity index (χ1) is 12.8. The number of nitrogens with zero attached hydrogens (tertiary/aromatic N) is 1. The Balaban J connectivity index is 1.88. The zero-order chi connectivity index (χ0) is 18.9. The normalized spacial score (nSPS) is 16.2. The molecule has 1 rings (SSSR count). The van der Waals surface area contributed by atoms with E-state index in [4.69, 9.17) is 4.74 Å². The van der Waals surface area contributed by atoms with Crippen LogP contribution in [0.5, 0.6) is 0 Å². The van der Waals surface area contributed by atoms with Gasteiger partial charge in [0, 0.05) is 0 Å². The fourth-order valence-electron chi connectivity index (χ4n) is 3.27. The van der Waals surface area contributed by atoms with Crippen LogP contribution < -0.4 is 0 Å². The van der Waals surface area contributed by atoms with Crippen LogP contribution >= 0.6 is 0 Å². The number of hydrogen-bond acceptors (Lipinski definition) is 4. The Labute approximate surface area is 160 Å². The third kappa shape index (κ3) is 10.3. The minimum Gasteiger partial charge on any atom is -0.475 e. The molecular formula is C22H41NO3. The molecule has 152 valence electrons. The standard InChI is InChI=1S/C22H41NO3/c1-2-3-4-5-6-7-8-9-10-11-12-13-14-15-16-17-21-23-22(18-24,19-25)20-26-21/h16-17,24-25H,2-15,18-20H2,1H3. The average molecular weight is 368 g/mol. The van der Waals surface area contributed by atoms with Gasteiger partial charge in [-0.25, -0.2) is 4.99 Å². The van der Waals surface area contributed by atoms with Gasteiger partial charge in [0.2, 0.25) is 5.90 Å². The largest absolute Gasteiger partial charge is 0.475 e. The van der Waals surface area contributed by atoms with Crippen molar-refractivity contribution < 1.29 is 14.9 Å². The molecule has 2 N–H and O–H groups in total. The van der Waals surface area contributed by atoms with Gasteiger partial charge in [0.05, 0.1) is 13.2 Å². The van der Waals surface area contributed by atoms with Gasteiger partial charge in [-0.15, -0.1) is 0 Å². The highest BCUT2D eigenvalue weighted by atomic mass is 16.5. The molecule has 0 aromatic heterocycles. The van der Waals surface area contributed by atoms with Gasteiger partial charge in [-0.1, -0.05) is 90.0 Å². The lowest BCUT2D eigenvalue weighted by Crippen LogP contribution is -2.37. The zero-order valence-electron chi connectivity index (χ0n) is 16.9. The molecule has 0 atom stereocenters.